The largest absolute Gasteiger partial charge is 0.299 e. The molecule has 1 heteroatoms. The lowest BCUT2D eigenvalue weighted by atomic mass is 9.50. The molecule has 0 spiro atoms. The van der Waals surface area contributed by atoms with Gasteiger partial charge in [-0.3, -0.25) is 4.79 Å². The maximum Gasteiger partial charge on any atom is 0.136 e. The van der Waals surface area contributed by atoms with E-state index in [1.165, 1.54) is 31.3 Å². The lowest BCUT2D eigenvalue weighted by Crippen LogP contribution is -2.46. The molecule has 7 atom stereocenters. The van der Waals surface area contributed by atoms with Gasteiger partial charge in [-0.2, -0.15) is 0 Å². The standard InChI is InChI=1S/C28H42O/c1-18(2)19(3)7-8-20(4)24-11-12-25-23-10-9-21-17-22(29)13-15-27(21,5)26(23)14-16-28(24,25)6/h7-10,18-20,24-26H,11-17H2,1-6H3/b8-7+/t19-,20+,24+,25-,26-,27+,28-/m1/s1. The number of hydrogen-bond donors (Lipinski definition) is 0. The van der Waals surface area contributed by atoms with Crippen LogP contribution in [0.1, 0.15) is 86.5 Å². The van der Waals surface area contributed by atoms with Gasteiger partial charge in [0.1, 0.15) is 5.78 Å². The Hall–Kier alpha value is -1.11. The lowest BCUT2D eigenvalue weighted by molar-refractivity contribution is -0.120. The number of hydrogen-bond acceptors (Lipinski definition) is 1. The third-order valence-electron chi connectivity index (χ3n) is 9.88. The summed E-state index contributed by atoms with van der Waals surface area (Å²) in [6.45, 7) is 14.5. The van der Waals surface area contributed by atoms with E-state index in [0.29, 0.717) is 35.4 Å². The van der Waals surface area contributed by atoms with Crippen LogP contribution in [0.25, 0.3) is 0 Å². The minimum Gasteiger partial charge on any atom is -0.299 e. The van der Waals surface area contributed by atoms with E-state index in [0.717, 1.165) is 30.6 Å². The zero-order chi connectivity index (χ0) is 21.0. The molecule has 0 aromatic carbocycles. The Kier molecular flexibility index (Phi) is 5.50. The number of rotatable bonds is 4. The number of ketones is 1. The third kappa shape index (κ3) is 3.41. The highest BCUT2D eigenvalue weighted by molar-refractivity contribution is 5.83. The quantitative estimate of drug-likeness (QED) is 0.450. The lowest BCUT2D eigenvalue weighted by Gasteiger charge is -2.54. The summed E-state index contributed by atoms with van der Waals surface area (Å²) in [4.78, 5) is 12.1. The summed E-state index contributed by atoms with van der Waals surface area (Å²) < 4.78 is 0. The van der Waals surface area contributed by atoms with Crippen LogP contribution in [0.2, 0.25) is 0 Å². The van der Waals surface area contributed by atoms with E-state index in [2.05, 4.69) is 65.8 Å². The summed E-state index contributed by atoms with van der Waals surface area (Å²) in [5.41, 5.74) is 3.86. The predicted octanol–water partition coefficient (Wildman–Crippen LogP) is 7.54. The topological polar surface area (TPSA) is 17.1 Å². The second-order valence-corrected chi connectivity index (χ2v) is 11.7. The summed E-state index contributed by atoms with van der Waals surface area (Å²) in [7, 11) is 0. The van der Waals surface area contributed by atoms with Crippen molar-refractivity contribution in [2.24, 2.45) is 46.3 Å². The Morgan fingerprint density at radius 3 is 2.45 bits per heavy atom. The van der Waals surface area contributed by atoms with Crippen LogP contribution in [0, 0.1) is 46.3 Å². The van der Waals surface area contributed by atoms with Gasteiger partial charge in [0.2, 0.25) is 0 Å². The summed E-state index contributed by atoms with van der Waals surface area (Å²) in [6.07, 6.45) is 17.8. The van der Waals surface area contributed by atoms with Gasteiger partial charge in [0.25, 0.3) is 0 Å². The van der Waals surface area contributed by atoms with Crippen molar-refractivity contribution in [3.63, 3.8) is 0 Å². The Balaban J connectivity index is 1.57. The second kappa shape index (κ2) is 7.54. The SMILES string of the molecule is CC(C)[C@H](C)/C=C/[C@H](C)[C@@H]1CC[C@@H]2C3=CC=C4CC(=O)CC[C@]4(C)[C@@H]3CC[C@@]21C. The van der Waals surface area contributed by atoms with Crippen LogP contribution in [-0.4, -0.2) is 5.78 Å². The van der Waals surface area contributed by atoms with Gasteiger partial charge in [0, 0.05) is 12.8 Å². The van der Waals surface area contributed by atoms with Crippen LogP contribution in [0.15, 0.2) is 35.5 Å². The molecule has 1 nitrogen and oxygen atoms in total. The van der Waals surface area contributed by atoms with Gasteiger partial charge >= 0.3 is 0 Å². The summed E-state index contributed by atoms with van der Waals surface area (Å²) in [5.74, 6) is 4.73. The Bertz CT molecular complexity index is 752. The van der Waals surface area contributed by atoms with Gasteiger partial charge in [0.05, 0.1) is 0 Å². The van der Waals surface area contributed by atoms with Crippen LogP contribution < -0.4 is 0 Å². The number of fused-ring (bicyclic) bond motifs is 5. The molecule has 0 amide bonds. The average molecular weight is 395 g/mol. The smallest absolute Gasteiger partial charge is 0.136 e. The molecule has 0 saturated heterocycles. The van der Waals surface area contributed by atoms with Crippen LogP contribution in [0.3, 0.4) is 0 Å². The molecular formula is C28H42O. The monoisotopic (exact) mass is 394 g/mol. The molecule has 0 radical (unpaired) electrons. The molecule has 3 saturated carbocycles. The first kappa shape index (κ1) is 21.1. The predicted molar refractivity (Wildman–Crippen MR) is 122 cm³/mol. The number of allylic oxidation sites excluding steroid dienone is 6. The van der Waals surface area contributed by atoms with E-state index < -0.39 is 0 Å². The van der Waals surface area contributed by atoms with E-state index >= 15 is 0 Å². The molecule has 0 N–H and O–H groups in total. The highest BCUT2D eigenvalue weighted by Gasteiger charge is 2.56. The van der Waals surface area contributed by atoms with Crippen molar-refractivity contribution < 1.29 is 4.79 Å². The Labute approximate surface area is 179 Å². The van der Waals surface area contributed by atoms with Crippen LogP contribution in [-0.2, 0) is 4.79 Å². The first-order valence-corrected chi connectivity index (χ1v) is 12.3. The normalized spacial score (nSPS) is 41.5. The maximum absolute atomic E-state index is 12.1. The molecule has 0 aliphatic heterocycles. The van der Waals surface area contributed by atoms with Gasteiger partial charge in [-0.15, -0.1) is 0 Å². The summed E-state index contributed by atoms with van der Waals surface area (Å²) in [6, 6.07) is 0. The van der Waals surface area contributed by atoms with Gasteiger partial charge in [-0.25, -0.2) is 0 Å². The van der Waals surface area contributed by atoms with Gasteiger partial charge in [0.15, 0.2) is 0 Å². The molecule has 0 heterocycles. The molecule has 4 rings (SSSR count). The van der Waals surface area contributed by atoms with Crippen molar-refractivity contribution in [3.05, 3.63) is 35.5 Å². The molecule has 4 aliphatic carbocycles. The van der Waals surface area contributed by atoms with E-state index in [4.69, 9.17) is 0 Å². The minimum absolute atomic E-state index is 0.246. The summed E-state index contributed by atoms with van der Waals surface area (Å²) >= 11 is 0. The van der Waals surface area contributed by atoms with Crippen LogP contribution in [0.4, 0.5) is 0 Å². The van der Waals surface area contributed by atoms with E-state index in [-0.39, 0.29) is 5.41 Å². The molecule has 0 aromatic rings. The van der Waals surface area contributed by atoms with Crippen molar-refractivity contribution in [1.29, 1.82) is 0 Å². The molecular weight excluding hydrogens is 352 g/mol. The van der Waals surface area contributed by atoms with E-state index in [9.17, 15) is 4.79 Å². The highest BCUT2D eigenvalue weighted by Crippen LogP contribution is 2.65. The molecule has 0 bridgehead atoms. The highest BCUT2D eigenvalue weighted by atomic mass is 16.1. The zero-order valence-electron chi connectivity index (χ0n) is 19.6. The first-order chi connectivity index (χ1) is 13.7. The van der Waals surface area contributed by atoms with Gasteiger partial charge in [-0.1, -0.05) is 77.0 Å². The molecule has 0 unspecified atom stereocenters. The molecule has 4 aliphatic rings. The Morgan fingerprint density at radius 1 is 0.966 bits per heavy atom. The molecule has 160 valence electrons. The molecule has 3 fully saturated rings. The maximum atomic E-state index is 12.1. The average Bonchev–Trinajstić information content (AvgIpc) is 3.03. The fourth-order valence-electron chi connectivity index (χ4n) is 7.43. The Morgan fingerprint density at radius 2 is 1.72 bits per heavy atom. The second-order valence-electron chi connectivity index (χ2n) is 11.7. The zero-order valence-corrected chi connectivity index (χ0v) is 19.6. The van der Waals surface area contributed by atoms with Crippen LogP contribution >= 0.6 is 0 Å². The van der Waals surface area contributed by atoms with Crippen molar-refractivity contribution >= 4 is 5.78 Å². The van der Waals surface area contributed by atoms with Crippen molar-refractivity contribution in [2.45, 2.75) is 86.5 Å². The van der Waals surface area contributed by atoms with Crippen molar-refractivity contribution in [2.75, 3.05) is 0 Å². The van der Waals surface area contributed by atoms with Gasteiger partial charge < -0.3 is 0 Å². The number of carbonyl (C=O) groups excluding carboxylic acids is 1. The minimum atomic E-state index is 0.246. The van der Waals surface area contributed by atoms with E-state index in [1.54, 1.807) is 5.57 Å². The molecule has 29 heavy (non-hydrogen) atoms. The van der Waals surface area contributed by atoms with E-state index in [1.807, 2.05) is 0 Å². The fraction of sp³-hybridized carbons (Fsp3) is 0.750. The number of carbonyl (C=O) groups is 1. The van der Waals surface area contributed by atoms with Crippen LogP contribution in [0.5, 0.6) is 0 Å². The third-order valence-corrected chi connectivity index (χ3v) is 9.88. The fourth-order valence-corrected chi connectivity index (χ4v) is 7.43. The van der Waals surface area contributed by atoms with Gasteiger partial charge in [-0.05, 0) is 78.4 Å². The van der Waals surface area contributed by atoms with Crippen molar-refractivity contribution in [1.82, 2.24) is 0 Å². The number of Topliss-reactive ketones (excluding diaryl/α,β-unsaturated/α-hetero) is 1. The molecule has 0 aromatic heterocycles. The van der Waals surface area contributed by atoms with Crippen molar-refractivity contribution in [3.8, 4) is 0 Å². The first-order valence-electron chi connectivity index (χ1n) is 12.3. The summed E-state index contributed by atoms with van der Waals surface area (Å²) in [5, 5.41) is 0.